The number of hydrogen-bond acceptors (Lipinski definition) is 5. The molecule has 1 fully saturated rings. The van der Waals surface area contributed by atoms with Crippen LogP contribution >= 0.6 is 0 Å². The van der Waals surface area contributed by atoms with Crippen LogP contribution in [0.4, 0.5) is 5.69 Å². The molecule has 1 aromatic carbocycles. The fraction of sp³-hybridized carbons (Fsp3) is 0.385. The molecule has 0 saturated carbocycles. The summed E-state index contributed by atoms with van der Waals surface area (Å²) in [5, 5.41) is 22.8. The molecule has 1 saturated heterocycles. The highest BCUT2D eigenvalue weighted by Gasteiger charge is 2.24. The number of aliphatic carboxylic acids is 1. The van der Waals surface area contributed by atoms with Crippen LogP contribution in [0, 0.1) is 5.92 Å². The van der Waals surface area contributed by atoms with E-state index in [-0.39, 0.29) is 5.92 Å². The van der Waals surface area contributed by atoms with E-state index in [4.69, 9.17) is 5.11 Å². The second-order valence-corrected chi connectivity index (χ2v) is 4.88. The van der Waals surface area contributed by atoms with E-state index in [9.17, 15) is 4.79 Å². The molecule has 0 unspecified atom stereocenters. The molecule has 7 nitrogen and oxygen atoms in total. The lowest BCUT2D eigenvalue weighted by atomic mass is 9.96. The average Bonchev–Trinajstić information content (AvgIpc) is 3.02. The van der Waals surface area contributed by atoms with Gasteiger partial charge in [-0.2, -0.15) is 5.21 Å². The molecule has 1 aliphatic heterocycles. The molecule has 3 rings (SSSR count). The zero-order chi connectivity index (χ0) is 13.9. The summed E-state index contributed by atoms with van der Waals surface area (Å²) in [7, 11) is 0. The second-order valence-electron chi connectivity index (χ2n) is 4.88. The number of nitrogens with zero attached hydrogens (tertiary/aromatic N) is 4. The Balaban J connectivity index is 1.68. The summed E-state index contributed by atoms with van der Waals surface area (Å²) in [5.74, 6) is -0.317. The van der Waals surface area contributed by atoms with Gasteiger partial charge < -0.3 is 10.0 Å². The van der Waals surface area contributed by atoms with Crippen molar-refractivity contribution in [2.45, 2.75) is 12.8 Å². The number of rotatable bonds is 3. The van der Waals surface area contributed by atoms with Crippen molar-refractivity contribution < 1.29 is 9.90 Å². The van der Waals surface area contributed by atoms with Crippen LogP contribution in [-0.4, -0.2) is 44.8 Å². The number of nitrogens with one attached hydrogen (secondary N) is 1. The number of carboxylic acids is 1. The second kappa shape index (κ2) is 5.28. The molecule has 1 aliphatic rings. The summed E-state index contributed by atoms with van der Waals surface area (Å²) in [4.78, 5) is 13.1. The van der Waals surface area contributed by atoms with Gasteiger partial charge in [-0.05, 0) is 42.3 Å². The number of piperidine rings is 1. The maximum absolute atomic E-state index is 10.9. The highest BCUT2D eigenvalue weighted by Crippen LogP contribution is 2.25. The van der Waals surface area contributed by atoms with Crippen molar-refractivity contribution in [1.29, 1.82) is 0 Å². The van der Waals surface area contributed by atoms with Crippen molar-refractivity contribution in [2.24, 2.45) is 5.92 Å². The number of aromatic nitrogens is 4. The molecule has 0 spiro atoms. The monoisotopic (exact) mass is 273 g/mol. The van der Waals surface area contributed by atoms with Crippen molar-refractivity contribution in [3.05, 3.63) is 24.3 Å². The Labute approximate surface area is 115 Å². The molecular weight excluding hydrogens is 258 g/mol. The maximum Gasteiger partial charge on any atom is 0.306 e. The van der Waals surface area contributed by atoms with Crippen LogP contribution in [0.15, 0.2) is 24.3 Å². The lowest BCUT2D eigenvalue weighted by Gasteiger charge is -2.31. The summed E-state index contributed by atoms with van der Waals surface area (Å²) >= 11 is 0. The molecule has 0 bridgehead atoms. The summed E-state index contributed by atoms with van der Waals surface area (Å²) in [6, 6.07) is 7.91. The summed E-state index contributed by atoms with van der Waals surface area (Å²) in [6.45, 7) is 1.55. The SMILES string of the molecule is O=C(O)C1CCN(c2ccc(-c3nn[nH]n3)cc2)CC1. The van der Waals surface area contributed by atoms with Crippen molar-refractivity contribution in [2.75, 3.05) is 18.0 Å². The first-order valence-electron chi connectivity index (χ1n) is 6.55. The lowest BCUT2D eigenvalue weighted by molar-refractivity contribution is -0.142. The Morgan fingerprint density at radius 3 is 2.50 bits per heavy atom. The van der Waals surface area contributed by atoms with Crippen LogP contribution < -0.4 is 4.90 Å². The van der Waals surface area contributed by atoms with Gasteiger partial charge in [0.25, 0.3) is 0 Å². The third kappa shape index (κ3) is 2.47. The van der Waals surface area contributed by atoms with E-state index in [0.29, 0.717) is 18.7 Å². The van der Waals surface area contributed by atoms with Gasteiger partial charge in [-0.25, -0.2) is 0 Å². The minimum Gasteiger partial charge on any atom is -0.481 e. The van der Waals surface area contributed by atoms with E-state index in [0.717, 1.165) is 24.3 Å². The van der Waals surface area contributed by atoms with E-state index in [1.54, 1.807) is 0 Å². The topological polar surface area (TPSA) is 95.0 Å². The highest BCUT2D eigenvalue weighted by molar-refractivity contribution is 5.70. The average molecular weight is 273 g/mol. The molecule has 0 amide bonds. The van der Waals surface area contributed by atoms with E-state index in [2.05, 4.69) is 25.5 Å². The highest BCUT2D eigenvalue weighted by atomic mass is 16.4. The molecule has 0 radical (unpaired) electrons. The number of H-pyrrole nitrogens is 1. The summed E-state index contributed by atoms with van der Waals surface area (Å²) in [6.07, 6.45) is 1.39. The zero-order valence-electron chi connectivity index (χ0n) is 10.9. The molecule has 20 heavy (non-hydrogen) atoms. The van der Waals surface area contributed by atoms with Crippen LogP contribution in [0.2, 0.25) is 0 Å². The normalized spacial score (nSPS) is 16.3. The number of benzene rings is 1. The zero-order valence-corrected chi connectivity index (χ0v) is 10.9. The minimum absolute atomic E-state index is 0.204. The predicted octanol–water partition coefficient (Wildman–Crippen LogP) is 1.17. The van der Waals surface area contributed by atoms with Crippen molar-refractivity contribution >= 4 is 11.7 Å². The first-order valence-corrected chi connectivity index (χ1v) is 6.55. The number of tetrazole rings is 1. The van der Waals surface area contributed by atoms with Gasteiger partial charge >= 0.3 is 5.97 Å². The van der Waals surface area contributed by atoms with Gasteiger partial charge in [-0.1, -0.05) is 0 Å². The van der Waals surface area contributed by atoms with Gasteiger partial charge in [0.05, 0.1) is 5.92 Å². The first-order chi connectivity index (χ1) is 9.74. The molecule has 0 aliphatic carbocycles. The van der Waals surface area contributed by atoms with Gasteiger partial charge in [0.2, 0.25) is 5.82 Å². The van der Waals surface area contributed by atoms with Gasteiger partial charge in [0, 0.05) is 24.3 Å². The van der Waals surface area contributed by atoms with Gasteiger partial charge in [-0.15, -0.1) is 10.2 Å². The molecule has 7 heteroatoms. The Morgan fingerprint density at radius 1 is 1.25 bits per heavy atom. The fourth-order valence-electron chi connectivity index (χ4n) is 2.49. The van der Waals surface area contributed by atoms with Crippen molar-refractivity contribution in [3.63, 3.8) is 0 Å². The van der Waals surface area contributed by atoms with Gasteiger partial charge in [-0.3, -0.25) is 4.79 Å². The van der Waals surface area contributed by atoms with Gasteiger partial charge in [0.1, 0.15) is 0 Å². The van der Waals surface area contributed by atoms with Crippen LogP contribution in [0.1, 0.15) is 12.8 Å². The molecule has 1 aromatic heterocycles. The smallest absolute Gasteiger partial charge is 0.306 e. The number of carboxylic acid groups (broad SMARTS) is 1. The first kappa shape index (κ1) is 12.6. The van der Waals surface area contributed by atoms with E-state index in [1.165, 1.54) is 0 Å². The maximum atomic E-state index is 10.9. The number of aromatic amines is 1. The molecule has 0 atom stereocenters. The molecule has 104 valence electrons. The Kier molecular flexibility index (Phi) is 3.32. The molecule has 2 aromatic rings. The van der Waals surface area contributed by atoms with E-state index in [1.807, 2.05) is 24.3 Å². The number of carbonyl (C=O) groups is 1. The summed E-state index contributed by atoms with van der Waals surface area (Å²) < 4.78 is 0. The fourth-order valence-corrected chi connectivity index (χ4v) is 2.49. The largest absolute Gasteiger partial charge is 0.481 e. The van der Waals surface area contributed by atoms with Crippen LogP contribution in [-0.2, 0) is 4.79 Å². The Morgan fingerprint density at radius 2 is 1.95 bits per heavy atom. The van der Waals surface area contributed by atoms with Crippen molar-refractivity contribution in [3.8, 4) is 11.4 Å². The third-order valence-corrected chi connectivity index (χ3v) is 3.68. The Hall–Kier alpha value is -2.44. The Bertz CT molecular complexity index is 573. The van der Waals surface area contributed by atoms with E-state index < -0.39 is 5.97 Å². The standard InChI is InChI=1S/C13H15N5O2/c19-13(20)10-5-7-18(8-6-10)11-3-1-9(2-4-11)12-14-16-17-15-12/h1-4,10H,5-8H2,(H,19,20)(H,14,15,16,17). The molecular formula is C13H15N5O2. The van der Waals surface area contributed by atoms with Crippen LogP contribution in [0.25, 0.3) is 11.4 Å². The third-order valence-electron chi connectivity index (χ3n) is 3.68. The quantitative estimate of drug-likeness (QED) is 0.871. The number of anilines is 1. The number of hydrogen-bond donors (Lipinski definition) is 2. The molecule has 2 N–H and O–H groups in total. The molecule has 2 heterocycles. The van der Waals surface area contributed by atoms with Crippen molar-refractivity contribution in [1.82, 2.24) is 20.6 Å². The van der Waals surface area contributed by atoms with Crippen LogP contribution in [0.5, 0.6) is 0 Å². The predicted molar refractivity (Wildman–Crippen MR) is 72.2 cm³/mol. The van der Waals surface area contributed by atoms with E-state index >= 15 is 0 Å². The van der Waals surface area contributed by atoms with Gasteiger partial charge in [0.15, 0.2) is 0 Å². The summed E-state index contributed by atoms with van der Waals surface area (Å²) in [5.41, 5.74) is 2.00. The minimum atomic E-state index is -0.683. The lowest BCUT2D eigenvalue weighted by Crippen LogP contribution is -2.36. The van der Waals surface area contributed by atoms with Crippen LogP contribution in [0.3, 0.4) is 0 Å².